The largest absolute Gasteiger partial charge is 0.340 e. The number of halogens is 1. The van der Waals surface area contributed by atoms with Gasteiger partial charge in [0.1, 0.15) is 17.5 Å². The SMILES string of the molecule is Fc1cccc(Nc2cc(-c3ccncc3)nc([C@@H]3CCCN3)n2)c1. The van der Waals surface area contributed by atoms with Gasteiger partial charge in [-0.15, -0.1) is 0 Å². The van der Waals surface area contributed by atoms with Crippen molar-refractivity contribution in [3.63, 3.8) is 0 Å². The van der Waals surface area contributed by atoms with Gasteiger partial charge in [-0.05, 0) is 49.7 Å². The number of nitrogens with zero attached hydrogens (tertiary/aromatic N) is 3. The Balaban J connectivity index is 1.73. The summed E-state index contributed by atoms with van der Waals surface area (Å²) in [4.78, 5) is 13.4. The first-order chi connectivity index (χ1) is 12.3. The second-order valence-electron chi connectivity index (χ2n) is 6.02. The lowest BCUT2D eigenvalue weighted by atomic mass is 10.1. The van der Waals surface area contributed by atoms with Crippen LogP contribution in [0, 0.1) is 5.82 Å². The first-order valence-corrected chi connectivity index (χ1v) is 8.33. The second-order valence-corrected chi connectivity index (χ2v) is 6.02. The maximum atomic E-state index is 13.4. The van der Waals surface area contributed by atoms with Gasteiger partial charge in [0, 0.05) is 29.7 Å². The van der Waals surface area contributed by atoms with Crippen LogP contribution >= 0.6 is 0 Å². The van der Waals surface area contributed by atoms with Crippen molar-refractivity contribution in [1.29, 1.82) is 0 Å². The molecule has 0 spiro atoms. The third kappa shape index (κ3) is 3.64. The molecule has 1 aromatic carbocycles. The van der Waals surface area contributed by atoms with Crippen LogP contribution in [0.3, 0.4) is 0 Å². The van der Waals surface area contributed by atoms with Crippen LogP contribution in [-0.4, -0.2) is 21.5 Å². The highest BCUT2D eigenvalue weighted by Gasteiger charge is 2.20. The molecule has 0 aliphatic carbocycles. The van der Waals surface area contributed by atoms with Crippen molar-refractivity contribution in [3.05, 3.63) is 66.5 Å². The summed E-state index contributed by atoms with van der Waals surface area (Å²) in [6.45, 7) is 0.972. The van der Waals surface area contributed by atoms with Crippen LogP contribution in [0.2, 0.25) is 0 Å². The summed E-state index contributed by atoms with van der Waals surface area (Å²) >= 11 is 0. The van der Waals surface area contributed by atoms with Crippen LogP contribution in [0.5, 0.6) is 0 Å². The van der Waals surface area contributed by atoms with Gasteiger partial charge in [-0.2, -0.15) is 0 Å². The van der Waals surface area contributed by atoms with Crippen LogP contribution < -0.4 is 10.6 Å². The van der Waals surface area contributed by atoms with Gasteiger partial charge in [0.05, 0.1) is 11.7 Å². The van der Waals surface area contributed by atoms with Gasteiger partial charge < -0.3 is 10.6 Å². The lowest BCUT2D eigenvalue weighted by Crippen LogP contribution is -2.16. The number of anilines is 2. The summed E-state index contributed by atoms with van der Waals surface area (Å²) in [5.41, 5.74) is 2.45. The number of hydrogen-bond donors (Lipinski definition) is 2. The minimum absolute atomic E-state index is 0.148. The van der Waals surface area contributed by atoms with Crippen molar-refractivity contribution < 1.29 is 4.39 Å². The van der Waals surface area contributed by atoms with Crippen molar-refractivity contribution in [1.82, 2.24) is 20.3 Å². The minimum Gasteiger partial charge on any atom is -0.340 e. The van der Waals surface area contributed by atoms with E-state index in [4.69, 9.17) is 4.98 Å². The number of nitrogens with one attached hydrogen (secondary N) is 2. The van der Waals surface area contributed by atoms with E-state index in [-0.39, 0.29) is 11.9 Å². The topological polar surface area (TPSA) is 62.7 Å². The molecule has 0 saturated carbocycles. The summed E-state index contributed by atoms with van der Waals surface area (Å²) in [6.07, 6.45) is 5.61. The molecule has 3 heterocycles. The predicted molar refractivity (Wildman–Crippen MR) is 94.9 cm³/mol. The highest BCUT2D eigenvalue weighted by atomic mass is 19.1. The zero-order chi connectivity index (χ0) is 17.1. The molecule has 0 bridgehead atoms. The first kappa shape index (κ1) is 15.7. The van der Waals surface area contributed by atoms with Gasteiger partial charge in [0.2, 0.25) is 0 Å². The van der Waals surface area contributed by atoms with Crippen molar-refractivity contribution >= 4 is 11.5 Å². The monoisotopic (exact) mass is 335 g/mol. The molecule has 1 fully saturated rings. The number of benzene rings is 1. The molecule has 6 heteroatoms. The summed E-state index contributed by atoms with van der Waals surface area (Å²) in [7, 11) is 0. The van der Waals surface area contributed by atoms with Gasteiger partial charge in [-0.3, -0.25) is 4.98 Å². The van der Waals surface area contributed by atoms with E-state index in [1.54, 1.807) is 18.5 Å². The third-order valence-corrected chi connectivity index (χ3v) is 4.19. The fraction of sp³-hybridized carbons (Fsp3) is 0.211. The molecule has 126 valence electrons. The smallest absolute Gasteiger partial charge is 0.148 e. The van der Waals surface area contributed by atoms with Gasteiger partial charge in [0.15, 0.2) is 0 Å². The predicted octanol–water partition coefficient (Wildman–Crippen LogP) is 3.85. The van der Waals surface area contributed by atoms with E-state index in [1.807, 2.05) is 24.3 Å². The minimum atomic E-state index is -0.286. The number of aromatic nitrogens is 3. The molecule has 4 rings (SSSR count). The van der Waals surface area contributed by atoms with Crippen LogP contribution in [0.25, 0.3) is 11.3 Å². The van der Waals surface area contributed by atoms with Crippen molar-refractivity contribution in [2.24, 2.45) is 0 Å². The van der Waals surface area contributed by atoms with Crippen LogP contribution in [0.15, 0.2) is 54.9 Å². The van der Waals surface area contributed by atoms with Crippen LogP contribution in [0.1, 0.15) is 24.7 Å². The standard InChI is InChI=1S/C19H18FN5/c20-14-3-1-4-15(11-14)23-18-12-17(13-6-9-21-10-7-13)24-19(25-18)16-5-2-8-22-16/h1,3-4,6-7,9-12,16,22H,2,5,8H2,(H,23,24,25)/t16-/m0/s1. The van der Waals surface area contributed by atoms with Crippen LogP contribution in [-0.2, 0) is 0 Å². The number of hydrogen-bond acceptors (Lipinski definition) is 5. The Bertz CT molecular complexity index is 863. The summed E-state index contributed by atoms with van der Waals surface area (Å²) < 4.78 is 13.4. The number of pyridine rings is 1. The van der Waals surface area contributed by atoms with E-state index in [0.29, 0.717) is 11.5 Å². The fourth-order valence-electron chi connectivity index (χ4n) is 2.98. The van der Waals surface area contributed by atoms with E-state index in [0.717, 1.165) is 36.5 Å². The molecule has 1 atom stereocenters. The Hall–Kier alpha value is -2.86. The quantitative estimate of drug-likeness (QED) is 0.758. The Kier molecular flexibility index (Phi) is 4.35. The Labute approximate surface area is 145 Å². The zero-order valence-electron chi connectivity index (χ0n) is 13.6. The summed E-state index contributed by atoms with van der Waals surface area (Å²) in [5, 5.41) is 6.61. The molecule has 0 amide bonds. The molecule has 1 aliphatic rings. The zero-order valence-corrected chi connectivity index (χ0v) is 13.6. The molecule has 2 aromatic heterocycles. The third-order valence-electron chi connectivity index (χ3n) is 4.19. The van der Waals surface area contributed by atoms with Crippen molar-refractivity contribution in [2.75, 3.05) is 11.9 Å². The first-order valence-electron chi connectivity index (χ1n) is 8.33. The molecule has 1 aliphatic heterocycles. The van der Waals surface area contributed by atoms with Gasteiger partial charge in [-0.1, -0.05) is 6.07 Å². The van der Waals surface area contributed by atoms with Gasteiger partial charge >= 0.3 is 0 Å². The molecule has 3 aromatic rings. The van der Waals surface area contributed by atoms with E-state index >= 15 is 0 Å². The maximum absolute atomic E-state index is 13.4. The highest BCUT2D eigenvalue weighted by Crippen LogP contribution is 2.27. The van der Waals surface area contributed by atoms with Crippen molar-refractivity contribution in [2.45, 2.75) is 18.9 Å². The molecule has 1 saturated heterocycles. The average molecular weight is 335 g/mol. The maximum Gasteiger partial charge on any atom is 0.148 e. The van der Waals surface area contributed by atoms with Crippen molar-refractivity contribution in [3.8, 4) is 11.3 Å². The lowest BCUT2D eigenvalue weighted by molar-refractivity contribution is 0.606. The molecular formula is C19H18FN5. The van der Waals surface area contributed by atoms with E-state index in [1.165, 1.54) is 12.1 Å². The van der Waals surface area contributed by atoms with E-state index < -0.39 is 0 Å². The van der Waals surface area contributed by atoms with Gasteiger partial charge in [0.25, 0.3) is 0 Å². The highest BCUT2D eigenvalue weighted by molar-refractivity contribution is 5.65. The summed E-state index contributed by atoms with van der Waals surface area (Å²) in [6, 6.07) is 12.2. The molecule has 2 N–H and O–H groups in total. The molecule has 25 heavy (non-hydrogen) atoms. The van der Waals surface area contributed by atoms with Gasteiger partial charge in [-0.25, -0.2) is 14.4 Å². The van der Waals surface area contributed by atoms with Crippen LogP contribution in [0.4, 0.5) is 15.9 Å². The lowest BCUT2D eigenvalue weighted by Gasteiger charge is -2.14. The molecule has 0 unspecified atom stereocenters. The summed E-state index contributed by atoms with van der Waals surface area (Å²) in [5.74, 6) is 1.12. The Morgan fingerprint density at radius 3 is 2.72 bits per heavy atom. The Morgan fingerprint density at radius 2 is 1.96 bits per heavy atom. The molecule has 0 radical (unpaired) electrons. The number of rotatable bonds is 4. The van der Waals surface area contributed by atoms with E-state index in [9.17, 15) is 4.39 Å². The second kappa shape index (κ2) is 6.94. The Morgan fingerprint density at radius 1 is 1.08 bits per heavy atom. The average Bonchev–Trinajstić information content (AvgIpc) is 3.17. The normalized spacial score (nSPS) is 16.8. The van der Waals surface area contributed by atoms with E-state index in [2.05, 4.69) is 20.6 Å². The molecule has 5 nitrogen and oxygen atoms in total. The fourth-order valence-corrected chi connectivity index (χ4v) is 2.98. The molecular weight excluding hydrogens is 317 g/mol.